The molecular formula is C19H18O5. The highest BCUT2D eigenvalue weighted by atomic mass is 16.7. The average molecular weight is 326 g/mol. The van der Waals surface area contributed by atoms with Crippen molar-refractivity contribution in [2.24, 2.45) is 5.92 Å². The number of carbonyl (C=O) groups excluding carboxylic acids is 2. The lowest BCUT2D eigenvalue weighted by Gasteiger charge is -2.10. The summed E-state index contributed by atoms with van der Waals surface area (Å²) in [6.45, 7) is 5.80. The van der Waals surface area contributed by atoms with E-state index in [1.54, 1.807) is 13.0 Å². The number of aryl methyl sites for hydroxylation is 2. The van der Waals surface area contributed by atoms with Crippen LogP contribution in [0.3, 0.4) is 0 Å². The fourth-order valence-electron chi connectivity index (χ4n) is 3.50. The zero-order chi connectivity index (χ0) is 17.0. The number of rotatable bonds is 2. The van der Waals surface area contributed by atoms with Crippen LogP contribution >= 0.6 is 0 Å². The molecule has 24 heavy (non-hydrogen) atoms. The van der Waals surface area contributed by atoms with Crippen LogP contribution in [0.15, 0.2) is 35.6 Å². The zero-order valence-corrected chi connectivity index (χ0v) is 13.8. The third kappa shape index (κ3) is 2.23. The molecule has 5 nitrogen and oxygen atoms in total. The normalized spacial score (nSPS) is 29.2. The van der Waals surface area contributed by atoms with Crippen molar-refractivity contribution in [2.75, 3.05) is 0 Å². The SMILES string of the molecule is CC1=C[C@H](O/C=C2/C(=O)O[C@H]3c4cc(C)c(C)cc4C[C@@H]23)OC1=O. The van der Waals surface area contributed by atoms with E-state index in [9.17, 15) is 9.59 Å². The van der Waals surface area contributed by atoms with Gasteiger partial charge in [-0.1, -0.05) is 12.1 Å². The molecule has 0 amide bonds. The lowest BCUT2D eigenvalue weighted by Crippen LogP contribution is -2.11. The maximum atomic E-state index is 12.2. The first-order chi connectivity index (χ1) is 11.4. The highest BCUT2D eigenvalue weighted by molar-refractivity contribution is 5.92. The van der Waals surface area contributed by atoms with Gasteiger partial charge in [0.2, 0.25) is 0 Å². The molecule has 3 aliphatic rings. The molecule has 1 aliphatic carbocycles. The Labute approximate surface area is 139 Å². The number of cyclic esters (lactones) is 1. The van der Waals surface area contributed by atoms with Gasteiger partial charge in [0.15, 0.2) is 0 Å². The molecule has 5 heteroatoms. The summed E-state index contributed by atoms with van der Waals surface area (Å²) in [6.07, 6.45) is 2.72. The maximum Gasteiger partial charge on any atom is 0.338 e. The van der Waals surface area contributed by atoms with Crippen molar-refractivity contribution in [3.8, 4) is 0 Å². The predicted molar refractivity (Wildman–Crippen MR) is 84.7 cm³/mol. The first kappa shape index (κ1) is 15.0. The van der Waals surface area contributed by atoms with E-state index < -0.39 is 12.3 Å². The highest BCUT2D eigenvalue weighted by Crippen LogP contribution is 2.48. The van der Waals surface area contributed by atoms with Crippen LogP contribution in [0.25, 0.3) is 0 Å². The van der Waals surface area contributed by atoms with E-state index in [0.717, 1.165) is 12.0 Å². The highest BCUT2D eigenvalue weighted by Gasteiger charge is 2.46. The molecule has 0 radical (unpaired) electrons. The van der Waals surface area contributed by atoms with Crippen LogP contribution in [0.4, 0.5) is 0 Å². The molecule has 0 spiro atoms. The van der Waals surface area contributed by atoms with Crippen molar-refractivity contribution >= 4 is 11.9 Å². The molecule has 3 atom stereocenters. The van der Waals surface area contributed by atoms with Crippen LogP contribution in [0.5, 0.6) is 0 Å². The van der Waals surface area contributed by atoms with Crippen LogP contribution in [-0.4, -0.2) is 18.2 Å². The molecule has 0 saturated carbocycles. The van der Waals surface area contributed by atoms with Crippen molar-refractivity contribution in [1.82, 2.24) is 0 Å². The summed E-state index contributed by atoms with van der Waals surface area (Å²) < 4.78 is 16.1. The second-order valence-corrected chi connectivity index (χ2v) is 6.60. The lowest BCUT2D eigenvalue weighted by molar-refractivity contribution is -0.152. The van der Waals surface area contributed by atoms with Crippen molar-refractivity contribution in [3.63, 3.8) is 0 Å². The van der Waals surface area contributed by atoms with Crippen LogP contribution < -0.4 is 0 Å². The number of hydrogen-bond acceptors (Lipinski definition) is 5. The van der Waals surface area contributed by atoms with E-state index in [4.69, 9.17) is 14.2 Å². The zero-order valence-electron chi connectivity index (χ0n) is 13.8. The molecule has 0 aromatic heterocycles. The van der Waals surface area contributed by atoms with E-state index >= 15 is 0 Å². The van der Waals surface area contributed by atoms with Gasteiger partial charge in [-0.25, -0.2) is 9.59 Å². The predicted octanol–water partition coefficient (Wildman–Crippen LogP) is 2.80. The van der Waals surface area contributed by atoms with Gasteiger partial charge >= 0.3 is 11.9 Å². The summed E-state index contributed by atoms with van der Waals surface area (Å²) in [6, 6.07) is 4.28. The monoisotopic (exact) mass is 326 g/mol. The van der Waals surface area contributed by atoms with Gasteiger partial charge in [-0.2, -0.15) is 0 Å². The van der Waals surface area contributed by atoms with E-state index in [1.165, 1.54) is 23.0 Å². The molecule has 1 aromatic rings. The Morgan fingerprint density at radius 2 is 1.83 bits per heavy atom. The van der Waals surface area contributed by atoms with Gasteiger partial charge in [-0.05, 0) is 49.4 Å². The number of esters is 2. The average Bonchev–Trinajstić information content (AvgIpc) is 3.12. The van der Waals surface area contributed by atoms with Crippen LogP contribution in [-0.2, 0) is 30.2 Å². The van der Waals surface area contributed by atoms with Gasteiger partial charge in [0.05, 0.1) is 11.8 Å². The number of hydrogen-bond donors (Lipinski definition) is 0. The van der Waals surface area contributed by atoms with E-state index in [0.29, 0.717) is 11.1 Å². The smallest absolute Gasteiger partial charge is 0.338 e. The van der Waals surface area contributed by atoms with Gasteiger partial charge in [0.1, 0.15) is 6.10 Å². The fourth-order valence-corrected chi connectivity index (χ4v) is 3.50. The molecule has 2 aliphatic heterocycles. The molecule has 4 rings (SSSR count). The molecule has 1 fully saturated rings. The summed E-state index contributed by atoms with van der Waals surface area (Å²) >= 11 is 0. The van der Waals surface area contributed by atoms with Crippen LogP contribution in [0, 0.1) is 19.8 Å². The minimum absolute atomic E-state index is 0.0455. The molecular weight excluding hydrogens is 308 g/mol. The number of fused-ring (bicyclic) bond motifs is 3. The maximum absolute atomic E-state index is 12.2. The minimum Gasteiger partial charge on any atom is -0.458 e. The first-order valence-corrected chi connectivity index (χ1v) is 8.00. The molecule has 0 bridgehead atoms. The number of carbonyl (C=O) groups is 2. The van der Waals surface area contributed by atoms with E-state index in [2.05, 4.69) is 26.0 Å². The second-order valence-electron chi connectivity index (χ2n) is 6.60. The van der Waals surface area contributed by atoms with Crippen LogP contribution in [0.1, 0.15) is 35.3 Å². The molecule has 1 aromatic carbocycles. The van der Waals surface area contributed by atoms with Crippen molar-refractivity contribution < 1.29 is 23.8 Å². The van der Waals surface area contributed by atoms with E-state index in [-0.39, 0.29) is 18.0 Å². The van der Waals surface area contributed by atoms with Gasteiger partial charge in [-0.3, -0.25) is 0 Å². The van der Waals surface area contributed by atoms with Crippen molar-refractivity contribution in [2.45, 2.75) is 39.6 Å². The summed E-state index contributed by atoms with van der Waals surface area (Å²) in [7, 11) is 0. The standard InChI is InChI=1S/C19H18O5/c1-9-4-12-7-14-15(8-22-16-6-11(3)18(20)23-16)19(21)24-17(14)13(12)5-10(9)2/h4-6,8,14,16-17H,7H2,1-3H3/b15-8+/t14-,16+,17-/m0/s1. The second kappa shape index (κ2) is 5.23. The third-order valence-electron chi connectivity index (χ3n) is 5.00. The largest absolute Gasteiger partial charge is 0.458 e. The number of ether oxygens (including phenoxy) is 3. The molecule has 2 heterocycles. The molecule has 0 N–H and O–H groups in total. The van der Waals surface area contributed by atoms with Gasteiger partial charge in [-0.15, -0.1) is 0 Å². The Hall–Kier alpha value is -2.56. The molecule has 1 saturated heterocycles. The Bertz CT molecular complexity index is 817. The Balaban J connectivity index is 1.58. The Kier molecular flexibility index (Phi) is 3.27. The summed E-state index contributed by atoms with van der Waals surface area (Å²) in [4.78, 5) is 23.5. The van der Waals surface area contributed by atoms with Crippen molar-refractivity contribution in [1.29, 1.82) is 0 Å². The summed E-state index contributed by atoms with van der Waals surface area (Å²) in [5.41, 5.74) is 5.74. The minimum atomic E-state index is -0.773. The quantitative estimate of drug-likeness (QED) is 0.475. The number of benzene rings is 1. The summed E-state index contributed by atoms with van der Waals surface area (Å²) in [5.74, 6) is -0.806. The molecule has 124 valence electrons. The third-order valence-corrected chi connectivity index (χ3v) is 5.00. The van der Waals surface area contributed by atoms with Gasteiger partial charge in [0.25, 0.3) is 6.29 Å². The topological polar surface area (TPSA) is 61.8 Å². The van der Waals surface area contributed by atoms with E-state index in [1.807, 2.05) is 0 Å². The fraction of sp³-hybridized carbons (Fsp3) is 0.368. The van der Waals surface area contributed by atoms with Gasteiger partial charge in [0, 0.05) is 17.6 Å². The Morgan fingerprint density at radius 1 is 1.08 bits per heavy atom. The van der Waals surface area contributed by atoms with Crippen molar-refractivity contribution in [3.05, 3.63) is 57.9 Å². The lowest BCUT2D eigenvalue weighted by atomic mass is 9.98. The van der Waals surface area contributed by atoms with Gasteiger partial charge < -0.3 is 14.2 Å². The van der Waals surface area contributed by atoms with Crippen LogP contribution in [0.2, 0.25) is 0 Å². The summed E-state index contributed by atoms with van der Waals surface area (Å²) in [5, 5.41) is 0. The first-order valence-electron chi connectivity index (χ1n) is 8.00. The Morgan fingerprint density at radius 3 is 2.54 bits per heavy atom. The molecule has 0 unspecified atom stereocenters.